The topological polar surface area (TPSA) is 71.7 Å². The molecule has 1 aliphatic rings. The third kappa shape index (κ3) is 4.99. The first-order valence-corrected chi connectivity index (χ1v) is 11.2. The van der Waals surface area contributed by atoms with Crippen LogP contribution in [-0.2, 0) is 11.3 Å². The zero-order valence-corrected chi connectivity index (χ0v) is 18.7. The lowest BCUT2D eigenvalue weighted by Gasteiger charge is -2.34. The van der Waals surface area contributed by atoms with Gasteiger partial charge in [0.2, 0.25) is 0 Å². The second-order valence-electron chi connectivity index (χ2n) is 7.94. The van der Waals surface area contributed by atoms with E-state index in [1.165, 1.54) is 0 Å². The predicted octanol–water partition coefficient (Wildman–Crippen LogP) is 4.27. The Morgan fingerprint density at radius 3 is 2.55 bits per heavy atom. The van der Waals surface area contributed by atoms with E-state index in [2.05, 4.69) is 33.2 Å². The fourth-order valence-electron chi connectivity index (χ4n) is 3.96. The third-order valence-corrected chi connectivity index (χ3v) is 6.01. The first kappa shape index (κ1) is 21.4. The zero-order valence-electron chi connectivity index (χ0n) is 18.0. The average molecular weight is 463 g/mol. The van der Waals surface area contributed by atoms with Crippen molar-refractivity contribution in [3.63, 3.8) is 0 Å². The summed E-state index contributed by atoms with van der Waals surface area (Å²) in [5, 5.41) is 7.03. The standard InChI is InChI=1S/C25H23ClN4O3/c26-19-8-10-20(11-9-19)32-17-24(31)30-14-12-29(13-15-30)16-23-27-25(33-28-23)22-7-3-5-18-4-1-2-6-21(18)22/h1-11H,12-17H2. The molecule has 0 unspecified atom stereocenters. The summed E-state index contributed by atoms with van der Waals surface area (Å²) in [6.07, 6.45) is 0. The molecule has 0 N–H and O–H groups in total. The molecule has 0 saturated carbocycles. The quantitative estimate of drug-likeness (QED) is 0.426. The largest absolute Gasteiger partial charge is 0.484 e. The van der Waals surface area contributed by atoms with E-state index < -0.39 is 0 Å². The summed E-state index contributed by atoms with van der Waals surface area (Å²) in [4.78, 5) is 21.2. The van der Waals surface area contributed by atoms with E-state index >= 15 is 0 Å². The molecule has 33 heavy (non-hydrogen) atoms. The molecule has 8 heteroatoms. The van der Waals surface area contributed by atoms with Crippen molar-refractivity contribution in [2.24, 2.45) is 0 Å². The molecule has 1 saturated heterocycles. The molecule has 3 aromatic carbocycles. The van der Waals surface area contributed by atoms with Gasteiger partial charge < -0.3 is 14.2 Å². The Labute approximate surface area is 196 Å². The predicted molar refractivity (Wildman–Crippen MR) is 126 cm³/mol. The van der Waals surface area contributed by atoms with Gasteiger partial charge in [-0.2, -0.15) is 4.98 Å². The Bertz CT molecular complexity index is 1240. The number of aromatic nitrogens is 2. The minimum Gasteiger partial charge on any atom is -0.484 e. The number of fused-ring (bicyclic) bond motifs is 1. The summed E-state index contributed by atoms with van der Waals surface area (Å²) >= 11 is 5.87. The van der Waals surface area contributed by atoms with Crippen LogP contribution in [0.15, 0.2) is 71.3 Å². The van der Waals surface area contributed by atoms with Gasteiger partial charge in [0.05, 0.1) is 6.54 Å². The molecule has 1 amide bonds. The number of nitrogens with zero attached hydrogens (tertiary/aromatic N) is 4. The van der Waals surface area contributed by atoms with Crippen LogP contribution in [0.1, 0.15) is 5.82 Å². The fraction of sp³-hybridized carbons (Fsp3) is 0.240. The van der Waals surface area contributed by atoms with Gasteiger partial charge in [0.15, 0.2) is 12.4 Å². The van der Waals surface area contributed by atoms with E-state index in [1.54, 1.807) is 24.3 Å². The van der Waals surface area contributed by atoms with Crippen molar-refractivity contribution in [3.8, 4) is 17.2 Å². The molecular weight excluding hydrogens is 440 g/mol. The lowest BCUT2D eigenvalue weighted by Crippen LogP contribution is -2.49. The molecule has 0 atom stereocenters. The fourth-order valence-corrected chi connectivity index (χ4v) is 4.09. The highest BCUT2D eigenvalue weighted by molar-refractivity contribution is 6.30. The van der Waals surface area contributed by atoms with E-state index in [9.17, 15) is 4.79 Å². The summed E-state index contributed by atoms with van der Waals surface area (Å²) in [6, 6.07) is 21.2. The van der Waals surface area contributed by atoms with Gasteiger partial charge in [0, 0.05) is 36.8 Å². The molecule has 1 fully saturated rings. The molecule has 7 nitrogen and oxygen atoms in total. The lowest BCUT2D eigenvalue weighted by molar-refractivity contribution is -0.135. The smallest absolute Gasteiger partial charge is 0.260 e. The number of ether oxygens (including phenoxy) is 1. The van der Waals surface area contributed by atoms with Crippen LogP contribution in [0.4, 0.5) is 0 Å². The van der Waals surface area contributed by atoms with Crippen molar-refractivity contribution >= 4 is 28.3 Å². The summed E-state index contributed by atoms with van der Waals surface area (Å²) in [5.41, 5.74) is 0.933. The van der Waals surface area contributed by atoms with Crippen LogP contribution in [0, 0.1) is 0 Å². The SMILES string of the molecule is O=C(COc1ccc(Cl)cc1)N1CCN(Cc2noc(-c3cccc4ccccc34)n2)CC1. The first-order valence-electron chi connectivity index (χ1n) is 10.8. The van der Waals surface area contributed by atoms with Gasteiger partial charge in [-0.15, -0.1) is 0 Å². The van der Waals surface area contributed by atoms with Gasteiger partial charge in [-0.3, -0.25) is 9.69 Å². The van der Waals surface area contributed by atoms with E-state index in [4.69, 9.17) is 20.9 Å². The molecule has 1 aromatic heterocycles. The summed E-state index contributed by atoms with van der Waals surface area (Å²) in [5.74, 6) is 1.77. The van der Waals surface area contributed by atoms with Crippen molar-refractivity contribution in [2.75, 3.05) is 32.8 Å². The second-order valence-corrected chi connectivity index (χ2v) is 8.38. The monoisotopic (exact) mass is 462 g/mol. The van der Waals surface area contributed by atoms with E-state index in [0.717, 1.165) is 29.4 Å². The molecule has 0 spiro atoms. The summed E-state index contributed by atoms with van der Waals surface area (Å²) < 4.78 is 11.1. The van der Waals surface area contributed by atoms with Gasteiger partial charge in [0.1, 0.15) is 5.75 Å². The zero-order chi connectivity index (χ0) is 22.6. The molecule has 168 valence electrons. The van der Waals surface area contributed by atoms with Crippen molar-refractivity contribution in [1.82, 2.24) is 19.9 Å². The number of halogens is 1. The van der Waals surface area contributed by atoms with Crippen LogP contribution in [0.25, 0.3) is 22.2 Å². The maximum Gasteiger partial charge on any atom is 0.260 e. The van der Waals surface area contributed by atoms with Crippen molar-refractivity contribution in [2.45, 2.75) is 6.54 Å². The average Bonchev–Trinajstić information content (AvgIpc) is 3.32. The van der Waals surface area contributed by atoms with Crippen LogP contribution in [0.5, 0.6) is 5.75 Å². The molecule has 1 aliphatic heterocycles. The Morgan fingerprint density at radius 2 is 1.73 bits per heavy atom. The van der Waals surface area contributed by atoms with E-state index in [-0.39, 0.29) is 12.5 Å². The van der Waals surface area contributed by atoms with Crippen LogP contribution < -0.4 is 4.74 Å². The number of hydrogen-bond donors (Lipinski definition) is 0. The Morgan fingerprint density at radius 1 is 0.970 bits per heavy atom. The highest BCUT2D eigenvalue weighted by Gasteiger charge is 2.23. The van der Waals surface area contributed by atoms with Gasteiger partial charge in [-0.1, -0.05) is 53.2 Å². The van der Waals surface area contributed by atoms with Crippen molar-refractivity contribution in [3.05, 3.63) is 77.6 Å². The Balaban J connectivity index is 1.14. The maximum atomic E-state index is 12.5. The van der Waals surface area contributed by atoms with Gasteiger partial charge in [-0.05, 0) is 41.1 Å². The Kier molecular flexibility index (Phi) is 6.24. The van der Waals surface area contributed by atoms with Crippen LogP contribution in [0.3, 0.4) is 0 Å². The van der Waals surface area contributed by atoms with E-state index in [0.29, 0.717) is 42.1 Å². The van der Waals surface area contributed by atoms with Gasteiger partial charge in [-0.25, -0.2) is 0 Å². The first-order chi connectivity index (χ1) is 16.2. The summed E-state index contributed by atoms with van der Waals surface area (Å²) in [7, 11) is 0. The minimum absolute atomic E-state index is 0.0147. The summed E-state index contributed by atoms with van der Waals surface area (Å²) in [6.45, 7) is 3.35. The molecule has 0 aliphatic carbocycles. The number of hydrogen-bond acceptors (Lipinski definition) is 6. The van der Waals surface area contributed by atoms with Gasteiger partial charge in [0.25, 0.3) is 11.8 Å². The number of carbonyl (C=O) groups excluding carboxylic acids is 1. The normalized spacial score (nSPS) is 14.5. The number of carbonyl (C=O) groups is 1. The molecule has 5 rings (SSSR count). The number of rotatable bonds is 6. The molecule has 2 heterocycles. The second kappa shape index (κ2) is 9.60. The minimum atomic E-state index is -0.0256. The maximum absolute atomic E-state index is 12.5. The highest BCUT2D eigenvalue weighted by Crippen LogP contribution is 2.27. The molecule has 4 aromatic rings. The van der Waals surface area contributed by atoms with Crippen LogP contribution in [0.2, 0.25) is 5.02 Å². The van der Waals surface area contributed by atoms with Crippen LogP contribution in [-0.4, -0.2) is 58.6 Å². The van der Waals surface area contributed by atoms with Crippen molar-refractivity contribution in [1.29, 1.82) is 0 Å². The Hall–Kier alpha value is -3.42. The molecule has 0 radical (unpaired) electrons. The third-order valence-electron chi connectivity index (χ3n) is 5.75. The number of benzene rings is 3. The van der Waals surface area contributed by atoms with Crippen LogP contribution >= 0.6 is 11.6 Å². The molecular formula is C25H23ClN4O3. The van der Waals surface area contributed by atoms with Gasteiger partial charge >= 0.3 is 0 Å². The lowest BCUT2D eigenvalue weighted by atomic mass is 10.0. The number of piperazine rings is 1. The van der Waals surface area contributed by atoms with Crippen molar-refractivity contribution < 1.29 is 14.1 Å². The van der Waals surface area contributed by atoms with E-state index in [1.807, 2.05) is 29.2 Å². The highest BCUT2D eigenvalue weighted by atomic mass is 35.5. The molecule has 0 bridgehead atoms. The number of amides is 1.